The zero-order valence-electron chi connectivity index (χ0n) is 8.40. The van der Waals surface area contributed by atoms with Gasteiger partial charge in [0, 0.05) is 5.88 Å². The van der Waals surface area contributed by atoms with E-state index < -0.39 is 0 Å². The average molecular weight is 205 g/mol. The summed E-state index contributed by atoms with van der Waals surface area (Å²) < 4.78 is 0. The summed E-state index contributed by atoms with van der Waals surface area (Å²) in [4.78, 5) is 2.56. The van der Waals surface area contributed by atoms with Gasteiger partial charge in [0.25, 0.3) is 0 Å². The Hall–Kier alpha value is 0.210. The minimum absolute atomic E-state index is 0.777. The maximum Gasteiger partial charge on any atom is 0.0235 e. The van der Waals surface area contributed by atoms with Crippen LogP contribution in [0.5, 0.6) is 0 Å². The summed E-state index contributed by atoms with van der Waals surface area (Å²) in [6.45, 7) is 6.13. The lowest BCUT2D eigenvalue weighted by Gasteiger charge is -2.14. The molecule has 0 aromatic rings. The van der Waals surface area contributed by atoms with Gasteiger partial charge in [-0.2, -0.15) is 0 Å². The predicted molar refractivity (Wildman–Crippen MR) is 58.5 cm³/mol. The molecule has 1 fully saturated rings. The van der Waals surface area contributed by atoms with E-state index >= 15 is 0 Å². The third-order valence-electron chi connectivity index (χ3n) is 2.51. The van der Waals surface area contributed by atoms with Crippen LogP contribution in [0, 0.1) is 0 Å². The van der Waals surface area contributed by atoms with Gasteiger partial charge in [-0.3, -0.25) is 0 Å². The molecule has 3 heteroatoms. The van der Waals surface area contributed by atoms with Crippen LogP contribution in [-0.2, 0) is 0 Å². The molecule has 0 aliphatic carbocycles. The Morgan fingerprint density at radius 3 is 2.46 bits per heavy atom. The summed E-state index contributed by atoms with van der Waals surface area (Å²) >= 11 is 5.57. The quantitative estimate of drug-likeness (QED) is 0.502. The van der Waals surface area contributed by atoms with Gasteiger partial charge in [0.1, 0.15) is 0 Å². The summed E-state index contributed by atoms with van der Waals surface area (Å²) in [5.41, 5.74) is 0. The molecule has 0 amide bonds. The molecule has 1 aliphatic heterocycles. The Morgan fingerprint density at radius 1 is 1.08 bits per heavy atom. The summed E-state index contributed by atoms with van der Waals surface area (Å²) in [5, 5.41) is 3.40. The lowest BCUT2D eigenvalue weighted by Crippen LogP contribution is -2.25. The van der Waals surface area contributed by atoms with Gasteiger partial charge in [-0.05, 0) is 58.4 Å². The van der Waals surface area contributed by atoms with Crippen LogP contribution < -0.4 is 5.32 Å². The normalized spacial score (nSPS) is 18.2. The van der Waals surface area contributed by atoms with E-state index in [0.717, 1.165) is 25.4 Å². The molecule has 1 rings (SSSR count). The van der Waals surface area contributed by atoms with Crippen molar-refractivity contribution in [1.29, 1.82) is 0 Å². The number of halogens is 1. The summed E-state index contributed by atoms with van der Waals surface area (Å²) in [7, 11) is 0. The fourth-order valence-electron chi connectivity index (χ4n) is 1.75. The Labute approximate surface area is 86.6 Å². The Bertz CT molecular complexity index is 113. The molecule has 2 nitrogen and oxygen atoms in total. The summed E-state index contributed by atoms with van der Waals surface area (Å²) in [6, 6.07) is 0. The topological polar surface area (TPSA) is 15.3 Å². The van der Waals surface area contributed by atoms with Crippen LogP contribution in [0.4, 0.5) is 0 Å². The Kier molecular flexibility index (Phi) is 6.60. The highest BCUT2D eigenvalue weighted by atomic mass is 35.5. The van der Waals surface area contributed by atoms with Gasteiger partial charge >= 0.3 is 0 Å². The number of rotatable bonds is 7. The summed E-state index contributed by atoms with van der Waals surface area (Å²) in [5.74, 6) is 0.777. The molecule has 1 aliphatic rings. The third kappa shape index (κ3) is 5.50. The number of likely N-dealkylation sites (tertiary alicyclic amines) is 1. The zero-order chi connectivity index (χ0) is 9.36. The number of hydrogen-bond acceptors (Lipinski definition) is 2. The first-order chi connectivity index (χ1) is 6.43. The molecule has 1 saturated heterocycles. The molecular weight excluding hydrogens is 184 g/mol. The van der Waals surface area contributed by atoms with Gasteiger partial charge in [-0.15, -0.1) is 11.6 Å². The van der Waals surface area contributed by atoms with Gasteiger partial charge in [-0.25, -0.2) is 0 Å². The second-order valence-corrected chi connectivity index (χ2v) is 4.07. The van der Waals surface area contributed by atoms with Crippen molar-refractivity contribution in [3.05, 3.63) is 0 Å². The standard InChI is InChI=1S/C10H21ClN2/c11-5-3-6-12-7-4-10-13-8-1-2-9-13/h12H,1-10H2. The number of hydrogen-bond donors (Lipinski definition) is 1. The van der Waals surface area contributed by atoms with Gasteiger partial charge in [0.2, 0.25) is 0 Å². The van der Waals surface area contributed by atoms with E-state index in [1.54, 1.807) is 0 Å². The van der Waals surface area contributed by atoms with Gasteiger partial charge in [-0.1, -0.05) is 0 Å². The van der Waals surface area contributed by atoms with E-state index in [-0.39, 0.29) is 0 Å². The maximum atomic E-state index is 5.57. The lowest BCUT2D eigenvalue weighted by atomic mass is 10.3. The Morgan fingerprint density at radius 2 is 1.77 bits per heavy atom. The van der Waals surface area contributed by atoms with Crippen LogP contribution in [0.25, 0.3) is 0 Å². The van der Waals surface area contributed by atoms with E-state index in [2.05, 4.69) is 10.2 Å². The van der Waals surface area contributed by atoms with Crippen LogP contribution in [0.2, 0.25) is 0 Å². The molecule has 0 radical (unpaired) electrons. The van der Waals surface area contributed by atoms with Crippen LogP contribution in [0.15, 0.2) is 0 Å². The first-order valence-electron chi connectivity index (χ1n) is 5.42. The monoisotopic (exact) mass is 204 g/mol. The van der Waals surface area contributed by atoms with Crippen LogP contribution in [0.1, 0.15) is 25.7 Å². The van der Waals surface area contributed by atoms with Crippen molar-refractivity contribution in [2.24, 2.45) is 0 Å². The molecule has 78 valence electrons. The highest BCUT2D eigenvalue weighted by Gasteiger charge is 2.09. The SMILES string of the molecule is ClCCCNCCCN1CCCC1. The van der Waals surface area contributed by atoms with Crippen molar-refractivity contribution >= 4 is 11.6 Å². The van der Waals surface area contributed by atoms with E-state index in [0.29, 0.717) is 0 Å². The first kappa shape index (κ1) is 11.3. The van der Waals surface area contributed by atoms with Crippen LogP contribution in [-0.4, -0.2) is 43.5 Å². The molecule has 1 heterocycles. The molecule has 1 N–H and O–H groups in total. The second kappa shape index (κ2) is 7.60. The molecule has 0 spiro atoms. The maximum absolute atomic E-state index is 5.57. The van der Waals surface area contributed by atoms with E-state index in [9.17, 15) is 0 Å². The lowest BCUT2D eigenvalue weighted by molar-refractivity contribution is 0.331. The van der Waals surface area contributed by atoms with Crippen molar-refractivity contribution < 1.29 is 0 Å². The molecular formula is C10H21ClN2. The molecule has 0 aromatic carbocycles. The van der Waals surface area contributed by atoms with E-state index in [1.807, 2.05) is 0 Å². The fraction of sp³-hybridized carbons (Fsp3) is 1.00. The smallest absolute Gasteiger partial charge is 0.0235 e. The van der Waals surface area contributed by atoms with Crippen molar-refractivity contribution in [2.45, 2.75) is 25.7 Å². The average Bonchev–Trinajstić information content (AvgIpc) is 2.63. The van der Waals surface area contributed by atoms with Gasteiger partial charge < -0.3 is 10.2 Å². The fourth-order valence-corrected chi connectivity index (χ4v) is 1.88. The minimum atomic E-state index is 0.777. The molecule has 0 saturated carbocycles. The largest absolute Gasteiger partial charge is 0.317 e. The molecule has 0 unspecified atom stereocenters. The summed E-state index contributed by atoms with van der Waals surface area (Å²) in [6.07, 6.45) is 5.17. The van der Waals surface area contributed by atoms with Gasteiger partial charge in [0.05, 0.1) is 0 Å². The van der Waals surface area contributed by atoms with Crippen LogP contribution in [0.3, 0.4) is 0 Å². The van der Waals surface area contributed by atoms with Crippen molar-refractivity contribution in [3.63, 3.8) is 0 Å². The van der Waals surface area contributed by atoms with Gasteiger partial charge in [0.15, 0.2) is 0 Å². The Balaban J connectivity index is 1.78. The highest BCUT2D eigenvalue weighted by Crippen LogP contribution is 2.06. The zero-order valence-corrected chi connectivity index (χ0v) is 9.15. The molecule has 13 heavy (non-hydrogen) atoms. The molecule has 0 atom stereocenters. The van der Waals surface area contributed by atoms with E-state index in [4.69, 9.17) is 11.6 Å². The predicted octanol–water partition coefficient (Wildman–Crippen LogP) is 1.69. The second-order valence-electron chi connectivity index (χ2n) is 3.69. The molecule has 0 bridgehead atoms. The number of nitrogens with zero attached hydrogens (tertiary/aromatic N) is 1. The van der Waals surface area contributed by atoms with Crippen molar-refractivity contribution in [2.75, 3.05) is 38.6 Å². The van der Waals surface area contributed by atoms with Crippen molar-refractivity contribution in [1.82, 2.24) is 10.2 Å². The van der Waals surface area contributed by atoms with Crippen molar-refractivity contribution in [3.8, 4) is 0 Å². The highest BCUT2D eigenvalue weighted by molar-refractivity contribution is 6.17. The minimum Gasteiger partial charge on any atom is -0.317 e. The van der Waals surface area contributed by atoms with Crippen LogP contribution >= 0.6 is 11.6 Å². The molecule has 0 aromatic heterocycles. The number of alkyl halides is 1. The van der Waals surface area contributed by atoms with E-state index in [1.165, 1.54) is 38.9 Å². The number of nitrogens with one attached hydrogen (secondary N) is 1. The third-order valence-corrected chi connectivity index (χ3v) is 2.78. The first-order valence-corrected chi connectivity index (χ1v) is 5.96.